The maximum absolute atomic E-state index is 12.6. The van der Waals surface area contributed by atoms with Gasteiger partial charge in [0.15, 0.2) is 6.23 Å². The number of fused-ring (bicyclic) bond motifs is 1. The summed E-state index contributed by atoms with van der Waals surface area (Å²) >= 11 is 0. The first-order valence-corrected chi connectivity index (χ1v) is 8.52. The number of ether oxygens (including phenoxy) is 1. The minimum absolute atomic E-state index is 0.0670. The van der Waals surface area contributed by atoms with Crippen LogP contribution < -0.4 is 0 Å². The normalized spacial score (nSPS) is 22.1. The van der Waals surface area contributed by atoms with E-state index in [9.17, 15) is 4.79 Å². The summed E-state index contributed by atoms with van der Waals surface area (Å²) < 4.78 is 5.97. The van der Waals surface area contributed by atoms with E-state index in [1.807, 2.05) is 24.3 Å². The zero-order chi connectivity index (χ0) is 15.4. The van der Waals surface area contributed by atoms with Crippen LogP contribution in [0.25, 0.3) is 0 Å². The average molecular weight is 303 g/mol. The highest BCUT2D eigenvalue weighted by molar-refractivity contribution is 5.98. The molecule has 1 aliphatic heterocycles. The molecule has 0 radical (unpaired) electrons. The fraction of sp³-hybridized carbons (Fsp3) is 0.611. The fourth-order valence-corrected chi connectivity index (χ4v) is 3.19. The lowest BCUT2D eigenvalue weighted by Crippen LogP contribution is -2.35. The SMILES string of the molecule is CCCCOC1c2ccccc2C(=O)N1OC1CCCCC1. The van der Waals surface area contributed by atoms with Crippen LogP contribution in [0.4, 0.5) is 0 Å². The van der Waals surface area contributed by atoms with Gasteiger partial charge in [-0.25, -0.2) is 0 Å². The van der Waals surface area contributed by atoms with Gasteiger partial charge in [0.25, 0.3) is 5.91 Å². The number of carbonyl (C=O) groups excluding carboxylic acids is 1. The Kier molecular flexibility index (Phi) is 5.11. The molecule has 1 heterocycles. The minimum Gasteiger partial charge on any atom is -0.352 e. The van der Waals surface area contributed by atoms with Gasteiger partial charge < -0.3 is 4.74 Å². The zero-order valence-electron chi connectivity index (χ0n) is 13.3. The lowest BCUT2D eigenvalue weighted by molar-refractivity contribution is -0.246. The van der Waals surface area contributed by atoms with Gasteiger partial charge in [-0.05, 0) is 25.3 Å². The van der Waals surface area contributed by atoms with Crippen molar-refractivity contribution in [3.8, 4) is 0 Å². The van der Waals surface area contributed by atoms with Crippen LogP contribution >= 0.6 is 0 Å². The molecule has 1 atom stereocenters. The Morgan fingerprint density at radius 3 is 2.73 bits per heavy atom. The average Bonchev–Trinajstić information content (AvgIpc) is 2.82. The van der Waals surface area contributed by atoms with E-state index in [0.717, 1.165) is 31.2 Å². The Morgan fingerprint density at radius 2 is 1.95 bits per heavy atom. The van der Waals surface area contributed by atoms with E-state index in [1.165, 1.54) is 24.3 Å². The number of carbonyl (C=O) groups is 1. The molecule has 2 aliphatic rings. The first kappa shape index (κ1) is 15.5. The van der Waals surface area contributed by atoms with Gasteiger partial charge in [0, 0.05) is 17.7 Å². The summed E-state index contributed by atoms with van der Waals surface area (Å²) in [5, 5.41) is 1.48. The van der Waals surface area contributed by atoms with Crippen molar-refractivity contribution in [2.45, 2.75) is 64.2 Å². The number of nitrogens with zero attached hydrogens (tertiary/aromatic N) is 1. The molecule has 0 aromatic heterocycles. The zero-order valence-corrected chi connectivity index (χ0v) is 13.3. The monoisotopic (exact) mass is 303 g/mol. The van der Waals surface area contributed by atoms with Crippen LogP contribution in [0.15, 0.2) is 24.3 Å². The van der Waals surface area contributed by atoms with E-state index in [4.69, 9.17) is 9.57 Å². The van der Waals surface area contributed by atoms with Crippen molar-refractivity contribution in [2.75, 3.05) is 6.61 Å². The largest absolute Gasteiger partial charge is 0.352 e. The van der Waals surface area contributed by atoms with E-state index < -0.39 is 6.23 Å². The maximum Gasteiger partial charge on any atom is 0.280 e. The summed E-state index contributed by atoms with van der Waals surface area (Å²) in [4.78, 5) is 18.7. The van der Waals surface area contributed by atoms with Crippen LogP contribution in [0, 0.1) is 0 Å². The van der Waals surface area contributed by atoms with Gasteiger partial charge in [-0.3, -0.25) is 9.63 Å². The molecular weight excluding hydrogens is 278 g/mol. The van der Waals surface area contributed by atoms with Crippen molar-refractivity contribution in [2.24, 2.45) is 0 Å². The molecule has 0 bridgehead atoms. The van der Waals surface area contributed by atoms with Crippen molar-refractivity contribution in [1.29, 1.82) is 0 Å². The molecule has 120 valence electrons. The van der Waals surface area contributed by atoms with Crippen LogP contribution in [-0.4, -0.2) is 23.7 Å². The predicted octanol–water partition coefficient (Wildman–Crippen LogP) is 4.22. The summed E-state index contributed by atoms with van der Waals surface area (Å²) in [6, 6.07) is 7.67. The summed E-state index contributed by atoms with van der Waals surface area (Å²) in [7, 11) is 0. The fourth-order valence-electron chi connectivity index (χ4n) is 3.19. The molecular formula is C18H25NO3. The lowest BCUT2D eigenvalue weighted by atomic mass is 9.98. The summed E-state index contributed by atoms with van der Waals surface area (Å²) in [5.41, 5.74) is 1.64. The van der Waals surface area contributed by atoms with Crippen molar-refractivity contribution < 1.29 is 14.4 Å². The number of unbranched alkanes of at least 4 members (excludes halogenated alkanes) is 1. The van der Waals surface area contributed by atoms with Crippen molar-refractivity contribution >= 4 is 5.91 Å². The molecule has 1 aromatic carbocycles. The maximum atomic E-state index is 12.6. The van der Waals surface area contributed by atoms with E-state index in [0.29, 0.717) is 12.2 Å². The molecule has 1 amide bonds. The lowest BCUT2D eigenvalue weighted by Gasteiger charge is -2.30. The summed E-state index contributed by atoms with van der Waals surface area (Å²) in [6.45, 7) is 2.78. The highest BCUT2D eigenvalue weighted by Gasteiger charge is 2.39. The van der Waals surface area contributed by atoms with Crippen LogP contribution in [0.2, 0.25) is 0 Å². The first-order chi connectivity index (χ1) is 10.8. The second-order valence-electron chi connectivity index (χ2n) is 6.16. The number of hydroxylamine groups is 2. The Balaban J connectivity index is 1.75. The smallest absolute Gasteiger partial charge is 0.280 e. The third-order valence-corrected chi connectivity index (χ3v) is 4.46. The van der Waals surface area contributed by atoms with E-state index in [2.05, 4.69) is 6.92 Å². The second kappa shape index (κ2) is 7.25. The van der Waals surface area contributed by atoms with Gasteiger partial charge in [-0.1, -0.05) is 50.8 Å². The Labute approximate surface area is 132 Å². The van der Waals surface area contributed by atoms with Crippen molar-refractivity contribution in [1.82, 2.24) is 5.06 Å². The molecule has 0 N–H and O–H groups in total. The van der Waals surface area contributed by atoms with Gasteiger partial charge in [0.2, 0.25) is 0 Å². The molecule has 3 rings (SSSR count). The van der Waals surface area contributed by atoms with Crippen LogP contribution in [0.5, 0.6) is 0 Å². The molecule has 0 spiro atoms. The van der Waals surface area contributed by atoms with Gasteiger partial charge in [0.05, 0.1) is 6.10 Å². The minimum atomic E-state index is -0.392. The number of benzene rings is 1. The van der Waals surface area contributed by atoms with E-state index in [-0.39, 0.29) is 12.0 Å². The summed E-state index contributed by atoms with van der Waals surface area (Å²) in [6.07, 6.45) is 7.51. The number of hydrogen-bond donors (Lipinski definition) is 0. The molecule has 1 saturated carbocycles. The van der Waals surface area contributed by atoms with E-state index in [1.54, 1.807) is 0 Å². The number of rotatable bonds is 6. The van der Waals surface area contributed by atoms with Crippen LogP contribution in [0.3, 0.4) is 0 Å². The Hall–Kier alpha value is -1.39. The third kappa shape index (κ3) is 3.18. The third-order valence-electron chi connectivity index (χ3n) is 4.46. The topological polar surface area (TPSA) is 38.8 Å². The van der Waals surface area contributed by atoms with Crippen molar-refractivity contribution in [3.05, 3.63) is 35.4 Å². The molecule has 22 heavy (non-hydrogen) atoms. The molecule has 4 nitrogen and oxygen atoms in total. The standard InChI is InChI=1S/C18H25NO3/c1-2-3-13-21-18-16-12-8-7-11-15(16)17(20)19(18)22-14-9-5-4-6-10-14/h7-8,11-12,14,18H,2-6,9-10,13H2,1H3. The Bertz CT molecular complexity index is 511. The number of amides is 1. The quantitative estimate of drug-likeness (QED) is 0.738. The first-order valence-electron chi connectivity index (χ1n) is 8.52. The highest BCUT2D eigenvalue weighted by Crippen LogP contribution is 2.36. The van der Waals surface area contributed by atoms with Crippen LogP contribution in [0.1, 0.15) is 74.0 Å². The second-order valence-corrected chi connectivity index (χ2v) is 6.16. The van der Waals surface area contributed by atoms with Gasteiger partial charge in [-0.15, -0.1) is 0 Å². The van der Waals surface area contributed by atoms with E-state index >= 15 is 0 Å². The van der Waals surface area contributed by atoms with Gasteiger partial charge in [-0.2, -0.15) is 5.06 Å². The highest BCUT2D eigenvalue weighted by atomic mass is 16.7. The predicted molar refractivity (Wildman–Crippen MR) is 84.2 cm³/mol. The molecule has 4 heteroatoms. The molecule has 1 fully saturated rings. The van der Waals surface area contributed by atoms with Crippen molar-refractivity contribution in [3.63, 3.8) is 0 Å². The molecule has 1 aliphatic carbocycles. The van der Waals surface area contributed by atoms with Gasteiger partial charge >= 0.3 is 0 Å². The van der Waals surface area contributed by atoms with Crippen LogP contribution in [-0.2, 0) is 9.57 Å². The molecule has 1 unspecified atom stereocenters. The number of hydrogen-bond acceptors (Lipinski definition) is 3. The molecule has 1 aromatic rings. The Morgan fingerprint density at radius 1 is 1.18 bits per heavy atom. The summed E-state index contributed by atoms with van der Waals surface area (Å²) in [5.74, 6) is -0.0670. The molecule has 0 saturated heterocycles. The van der Waals surface area contributed by atoms with Gasteiger partial charge in [0.1, 0.15) is 0 Å².